The number of hydrogen-bond acceptors (Lipinski definition) is 5. The maximum atomic E-state index is 11.9. The highest BCUT2D eigenvalue weighted by Gasteiger charge is 2.31. The van der Waals surface area contributed by atoms with E-state index in [0.717, 1.165) is 10.6 Å². The predicted molar refractivity (Wildman–Crippen MR) is 94.9 cm³/mol. The van der Waals surface area contributed by atoms with E-state index in [9.17, 15) is 13.2 Å². The molecule has 128 valence electrons. The zero-order valence-electron chi connectivity index (χ0n) is 13.0. The summed E-state index contributed by atoms with van der Waals surface area (Å²) in [5, 5.41) is 3.57. The van der Waals surface area contributed by atoms with Gasteiger partial charge in [-0.05, 0) is 37.7 Å². The molecule has 0 aliphatic carbocycles. The third-order valence-electron chi connectivity index (χ3n) is 3.73. The van der Waals surface area contributed by atoms with Gasteiger partial charge in [-0.15, -0.1) is 11.8 Å². The molecule has 1 fully saturated rings. The van der Waals surface area contributed by atoms with Crippen molar-refractivity contribution in [2.75, 3.05) is 37.4 Å². The summed E-state index contributed by atoms with van der Waals surface area (Å²) in [5.41, 5.74) is 0. The lowest BCUT2D eigenvalue weighted by Gasteiger charge is -2.22. The largest absolute Gasteiger partial charge is 0.354 e. The minimum atomic E-state index is -2.92. The molecule has 5 nitrogen and oxygen atoms in total. The van der Waals surface area contributed by atoms with Crippen LogP contribution in [-0.4, -0.2) is 62.7 Å². The number of thioether (sulfide) groups is 1. The quantitative estimate of drug-likeness (QED) is 0.579. The Balaban J connectivity index is 1.64. The number of hydrogen-bond donors (Lipinski definition) is 1. The lowest BCUT2D eigenvalue weighted by Crippen LogP contribution is -2.41. The van der Waals surface area contributed by atoms with Crippen molar-refractivity contribution in [1.82, 2.24) is 10.2 Å². The number of carbonyl (C=O) groups is 1. The van der Waals surface area contributed by atoms with Gasteiger partial charge in [0.05, 0.1) is 18.1 Å². The van der Waals surface area contributed by atoms with Crippen molar-refractivity contribution in [2.45, 2.75) is 17.4 Å². The fourth-order valence-electron chi connectivity index (χ4n) is 2.42. The number of likely N-dealkylation sites (N-methyl/N-ethyl adjacent to an activating group) is 1. The Morgan fingerprint density at radius 1 is 1.39 bits per heavy atom. The van der Waals surface area contributed by atoms with E-state index in [0.29, 0.717) is 18.0 Å². The molecular weight excluding hydrogens is 356 g/mol. The third-order valence-corrected chi connectivity index (χ3v) is 6.75. The minimum Gasteiger partial charge on any atom is -0.354 e. The molecule has 1 atom stereocenters. The van der Waals surface area contributed by atoms with Crippen molar-refractivity contribution < 1.29 is 13.2 Å². The Bertz CT molecular complexity index is 635. The summed E-state index contributed by atoms with van der Waals surface area (Å²) in [6, 6.07) is 7.53. The summed E-state index contributed by atoms with van der Waals surface area (Å²) in [6.07, 6.45) is 0.610. The summed E-state index contributed by atoms with van der Waals surface area (Å²) >= 11 is 7.47. The molecule has 0 spiro atoms. The van der Waals surface area contributed by atoms with Crippen LogP contribution in [0.1, 0.15) is 6.42 Å². The first-order valence-electron chi connectivity index (χ1n) is 7.41. The van der Waals surface area contributed by atoms with Gasteiger partial charge in [-0.3, -0.25) is 9.69 Å². The zero-order chi connectivity index (χ0) is 16.9. The van der Waals surface area contributed by atoms with Gasteiger partial charge < -0.3 is 5.32 Å². The van der Waals surface area contributed by atoms with Gasteiger partial charge in [0.1, 0.15) is 0 Å². The van der Waals surface area contributed by atoms with Crippen LogP contribution >= 0.6 is 23.4 Å². The molecule has 0 radical (unpaired) electrons. The Labute approximate surface area is 146 Å². The van der Waals surface area contributed by atoms with E-state index in [2.05, 4.69) is 5.32 Å². The number of benzene rings is 1. The normalized spacial score (nSPS) is 19.9. The fourth-order valence-corrected chi connectivity index (χ4v) is 5.12. The van der Waals surface area contributed by atoms with Gasteiger partial charge in [-0.25, -0.2) is 8.42 Å². The number of amides is 1. The fraction of sp³-hybridized carbons (Fsp3) is 0.533. The maximum absolute atomic E-state index is 11.9. The molecule has 1 heterocycles. The van der Waals surface area contributed by atoms with Crippen LogP contribution in [0.4, 0.5) is 0 Å². The van der Waals surface area contributed by atoms with Crippen LogP contribution in [0.5, 0.6) is 0 Å². The first kappa shape index (κ1) is 18.6. The van der Waals surface area contributed by atoms with E-state index in [1.54, 1.807) is 18.8 Å². The van der Waals surface area contributed by atoms with Gasteiger partial charge in [0, 0.05) is 28.3 Å². The van der Waals surface area contributed by atoms with Gasteiger partial charge in [-0.2, -0.15) is 0 Å². The third kappa shape index (κ3) is 6.33. The van der Waals surface area contributed by atoms with Crippen molar-refractivity contribution in [3.05, 3.63) is 29.3 Å². The van der Waals surface area contributed by atoms with Crippen LogP contribution in [0.3, 0.4) is 0 Å². The molecule has 2 rings (SSSR count). The Kier molecular flexibility index (Phi) is 6.76. The first-order chi connectivity index (χ1) is 10.9. The average molecular weight is 377 g/mol. The summed E-state index contributed by atoms with van der Waals surface area (Å²) < 4.78 is 22.9. The lowest BCUT2D eigenvalue weighted by atomic mass is 10.2. The lowest BCUT2D eigenvalue weighted by molar-refractivity contribution is -0.122. The van der Waals surface area contributed by atoms with Crippen molar-refractivity contribution >= 4 is 39.1 Å². The summed E-state index contributed by atoms with van der Waals surface area (Å²) in [4.78, 5) is 14.8. The standard InChI is InChI=1S/C15H21ClN2O3S2/c1-18(13-6-9-23(20,21)11-13)10-15(19)17-7-8-22-14-4-2-12(16)3-5-14/h2-5,13H,6-11H2,1H3,(H,17,19)/t13-/m1/s1. The Morgan fingerprint density at radius 3 is 2.70 bits per heavy atom. The summed E-state index contributed by atoms with van der Waals surface area (Å²) in [5.74, 6) is 1.08. The van der Waals surface area contributed by atoms with E-state index in [1.807, 2.05) is 29.2 Å². The van der Waals surface area contributed by atoms with E-state index in [4.69, 9.17) is 11.6 Å². The molecule has 0 bridgehead atoms. The molecule has 23 heavy (non-hydrogen) atoms. The summed E-state index contributed by atoms with van der Waals surface area (Å²) in [7, 11) is -1.12. The number of halogens is 1. The maximum Gasteiger partial charge on any atom is 0.234 e. The SMILES string of the molecule is CN(CC(=O)NCCSc1ccc(Cl)cc1)[C@@H]1CCS(=O)(=O)C1. The first-order valence-corrected chi connectivity index (χ1v) is 10.6. The number of nitrogens with zero attached hydrogens (tertiary/aromatic N) is 1. The molecule has 1 N–H and O–H groups in total. The molecule has 0 aromatic heterocycles. The molecule has 1 amide bonds. The molecule has 0 saturated carbocycles. The predicted octanol–water partition coefficient (Wildman–Crippen LogP) is 1.67. The Morgan fingerprint density at radius 2 is 2.09 bits per heavy atom. The second-order valence-electron chi connectivity index (χ2n) is 5.62. The minimum absolute atomic E-state index is 0.0470. The Hall–Kier alpha value is -0.760. The van der Waals surface area contributed by atoms with Crippen molar-refractivity contribution in [3.8, 4) is 0 Å². The highest BCUT2D eigenvalue weighted by atomic mass is 35.5. The van der Waals surface area contributed by atoms with Gasteiger partial charge in [0.15, 0.2) is 9.84 Å². The van der Waals surface area contributed by atoms with Crippen LogP contribution in [-0.2, 0) is 14.6 Å². The van der Waals surface area contributed by atoms with Gasteiger partial charge >= 0.3 is 0 Å². The molecular formula is C15H21ClN2O3S2. The van der Waals surface area contributed by atoms with Crippen molar-refractivity contribution in [3.63, 3.8) is 0 Å². The van der Waals surface area contributed by atoms with E-state index < -0.39 is 9.84 Å². The van der Waals surface area contributed by atoms with Gasteiger partial charge in [0.25, 0.3) is 0 Å². The highest BCUT2D eigenvalue weighted by molar-refractivity contribution is 7.99. The van der Waals surface area contributed by atoms with Crippen LogP contribution in [0.2, 0.25) is 5.02 Å². The molecule has 0 unspecified atom stereocenters. The van der Waals surface area contributed by atoms with E-state index in [-0.39, 0.29) is 30.0 Å². The van der Waals surface area contributed by atoms with Gasteiger partial charge in [-0.1, -0.05) is 11.6 Å². The zero-order valence-corrected chi connectivity index (χ0v) is 15.4. The number of rotatable bonds is 7. The molecule has 1 saturated heterocycles. The van der Waals surface area contributed by atoms with Crippen molar-refractivity contribution in [1.29, 1.82) is 0 Å². The molecule has 1 aliphatic rings. The average Bonchev–Trinajstić information content (AvgIpc) is 2.86. The van der Waals surface area contributed by atoms with Crippen LogP contribution in [0, 0.1) is 0 Å². The monoisotopic (exact) mass is 376 g/mol. The van der Waals surface area contributed by atoms with E-state index in [1.165, 1.54) is 0 Å². The second kappa shape index (κ2) is 8.37. The van der Waals surface area contributed by atoms with Crippen LogP contribution in [0.25, 0.3) is 0 Å². The van der Waals surface area contributed by atoms with Gasteiger partial charge in [0.2, 0.25) is 5.91 Å². The molecule has 8 heteroatoms. The number of sulfone groups is 1. The number of nitrogens with one attached hydrogen (secondary N) is 1. The number of carbonyl (C=O) groups excluding carboxylic acids is 1. The second-order valence-corrected chi connectivity index (χ2v) is 9.46. The topological polar surface area (TPSA) is 66.5 Å². The molecule has 1 aromatic rings. The summed E-state index contributed by atoms with van der Waals surface area (Å²) in [6.45, 7) is 0.800. The smallest absolute Gasteiger partial charge is 0.234 e. The van der Waals surface area contributed by atoms with Crippen LogP contribution < -0.4 is 5.32 Å². The molecule has 1 aromatic carbocycles. The van der Waals surface area contributed by atoms with Crippen molar-refractivity contribution in [2.24, 2.45) is 0 Å². The van der Waals surface area contributed by atoms with Crippen LogP contribution in [0.15, 0.2) is 29.2 Å². The molecule has 1 aliphatic heterocycles. The van der Waals surface area contributed by atoms with E-state index >= 15 is 0 Å². The highest BCUT2D eigenvalue weighted by Crippen LogP contribution is 2.19.